The number of rotatable bonds is 6. The van der Waals surface area contributed by atoms with Crippen LogP contribution in [0.2, 0.25) is 0 Å². The normalized spacial score (nSPS) is 11.0. The molecule has 7 heteroatoms. The number of ether oxygens (including phenoxy) is 2. The van der Waals surface area contributed by atoms with Crippen LogP contribution in [0.3, 0.4) is 0 Å². The Hall–Kier alpha value is -2.54. The minimum atomic E-state index is -3.83. The Morgan fingerprint density at radius 3 is 2.25 bits per heavy atom. The number of carbonyl (C=O) groups is 1. The summed E-state index contributed by atoms with van der Waals surface area (Å²) in [5.74, 6) is 0.613. The number of anilines is 1. The van der Waals surface area contributed by atoms with E-state index in [1.165, 1.54) is 45.4 Å². The summed E-state index contributed by atoms with van der Waals surface area (Å²) in [6.07, 6.45) is 0. The Balaban J connectivity index is 2.42. The van der Waals surface area contributed by atoms with Crippen LogP contribution in [0.4, 0.5) is 5.69 Å². The second-order valence-electron chi connectivity index (χ2n) is 5.21. The Bertz CT molecular complexity index is 875. The highest BCUT2D eigenvalue weighted by Crippen LogP contribution is 2.30. The van der Waals surface area contributed by atoms with Gasteiger partial charge >= 0.3 is 0 Å². The number of methoxy groups -OCH3 is 2. The lowest BCUT2D eigenvalue weighted by Gasteiger charge is -2.13. The minimum absolute atomic E-state index is 0.0350. The molecule has 0 atom stereocenters. The molecule has 0 aliphatic carbocycles. The van der Waals surface area contributed by atoms with Gasteiger partial charge in [0.25, 0.3) is 10.0 Å². The molecule has 0 aliphatic heterocycles. The number of benzene rings is 2. The van der Waals surface area contributed by atoms with Crippen molar-refractivity contribution in [2.24, 2.45) is 0 Å². The molecule has 0 saturated carbocycles. The van der Waals surface area contributed by atoms with Crippen LogP contribution >= 0.6 is 0 Å². The van der Waals surface area contributed by atoms with E-state index in [2.05, 4.69) is 4.72 Å². The number of Topliss-reactive ketones (excluding diaryl/α,β-unsaturated/α-hetero) is 1. The number of sulfonamides is 1. The predicted octanol–water partition coefficient (Wildman–Crippen LogP) is 3.02. The molecule has 1 N–H and O–H groups in total. The van der Waals surface area contributed by atoms with Crippen molar-refractivity contribution in [2.45, 2.75) is 18.7 Å². The molecule has 0 bridgehead atoms. The Morgan fingerprint density at radius 1 is 1.00 bits per heavy atom. The molecule has 0 saturated heterocycles. The summed E-state index contributed by atoms with van der Waals surface area (Å²) in [5.41, 5.74) is 1.51. The minimum Gasteiger partial charge on any atom is -0.493 e. The zero-order valence-electron chi connectivity index (χ0n) is 13.9. The molecule has 2 aromatic carbocycles. The second kappa shape index (κ2) is 6.92. The quantitative estimate of drug-likeness (QED) is 0.811. The van der Waals surface area contributed by atoms with Gasteiger partial charge in [-0.3, -0.25) is 9.52 Å². The standard InChI is InChI=1S/C17H19NO5S/c1-11-5-6-13(12(2)19)9-15(11)18-24(20,21)14-7-8-16(22-3)17(10-14)23-4/h5-10,18H,1-4H3. The van der Waals surface area contributed by atoms with Crippen molar-refractivity contribution in [3.63, 3.8) is 0 Å². The van der Waals surface area contributed by atoms with Gasteiger partial charge in [0.05, 0.1) is 24.8 Å². The molecule has 128 valence electrons. The van der Waals surface area contributed by atoms with Crippen LogP contribution in [-0.4, -0.2) is 28.4 Å². The van der Waals surface area contributed by atoms with Crippen molar-refractivity contribution in [1.29, 1.82) is 0 Å². The van der Waals surface area contributed by atoms with E-state index in [9.17, 15) is 13.2 Å². The van der Waals surface area contributed by atoms with E-state index < -0.39 is 10.0 Å². The topological polar surface area (TPSA) is 81.7 Å². The third-order valence-corrected chi connectivity index (χ3v) is 4.92. The van der Waals surface area contributed by atoms with Gasteiger partial charge in [-0.25, -0.2) is 8.42 Å². The number of aryl methyl sites for hydroxylation is 1. The Labute approximate surface area is 141 Å². The summed E-state index contributed by atoms with van der Waals surface area (Å²) in [7, 11) is -0.927. The van der Waals surface area contributed by atoms with Crippen LogP contribution in [0.25, 0.3) is 0 Å². The number of hydrogen-bond donors (Lipinski definition) is 1. The van der Waals surface area contributed by atoms with E-state index in [1.54, 1.807) is 19.1 Å². The smallest absolute Gasteiger partial charge is 0.262 e. The summed E-state index contributed by atoms with van der Waals surface area (Å²) in [6, 6.07) is 9.20. The number of carbonyl (C=O) groups excluding carboxylic acids is 1. The van der Waals surface area contributed by atoms with E-state index >= 15 is 0 Å². The molecule has 24 heavy (non-hydrogen) atoms. The molecule has 0 spiro atoms. The van der Waals surface area contributed by atoms with E-state index in [0.717, 1.165) is 0 Å². The van der Waals surface area contributed by atoms with Crippen LogP contribution in [0.1, 0.15) is 22.8 Å². The molecule has 2 rings (SSSR count). The van der Waals surface area contributed by atoms with Gasteiger partial charge in [-0.05, 0) is 37.6 Å². The van der Waals surface area contributed by atoms with Crippen molar-refractivity contribution >= 4 is 21.5 Å². The van der Waals surface area contributed by atoms with Crippen LogP contribution in [0, 0.1) is 6.92 Å². The summed E-state index contributed by atoms with van der Waals surface area (Å²) >= 11 is 0. The van der Waals surface area contributed by atoms with Gasteiger partial charge in [0, 0.05) is 11.6 Å². The average molecular weight is 349 g/mol. The molecule has 0 aromatic heterocycles. The van der Waals surface area contributed by atoms with Crippen molar-refractivity contribution in [3.8, 4) is 11.5 Å². The average Bonchev–Trinajstić information content (AvgIpc) is 2.55. The summed E-state index contributed by atoms with van der Waals surface area (Å²) in [4.78, 5) is 11.5. The molecule has 0 radical (unpaired) electrons. The predicted molar refractivity (Wildman–Crippen MR) is 91.5 cm³/mol. The maximum absolute atomic E-state index is 12.6. The monoisotopic (exact) mass is 349 g/mol. The van der Waals surface area contributed by atoms with Gasteiger partial charge in [-0.1, -0.05) is 12.1 Å². The van der Waals surface area contributed by atoms with Gasteiger partial charge in [0.2, 0.25) is 0 Å². The molecule has 0 unspecified atom stereocenters. The molecular formula is C17H19NO5S. The van der Waals surface area contributed by atoms with Crippen molar-refractivity contribution < 1.29 is 22.7 Å². The van der Waals surface area contributed by atoms with E-state index in [1.807, 2.05) is 0 Å². The second-order valence-corrected chi connectivity index (χ2v) is 6.89. The van der Waals surface area contributed by atoms with Gasteiger partial charge in [0.1, 0.15) is 0 Å². The first-order chi connectivity index (χ1) is 11.3. The maximum Gasteiger partial charge on any atom is 0.262 e. The SMILES string of the molecule is COc1ccc(S(=O)(=O)Nc2cc(C(C)=O)ccc2C)cc1OC. The summed E-state index contributed by atoms with van der Waals surface area (Å²) < 4.78 is 38.0. The van der Waals surface area contributed by atoms with Gasteiger partial charge in [0.15, 0.2) is 17.3 Å². The fourth-order valence-corrected chi connectivity index (χ4v) is 3.28. The number of hydrogen-bond acceptors (Lipinski definition) is 5. The van der Waals surface area contributed by atoms with Crippen LogP contribution in [0.5, 0.6) is 11.5 Å². The fourth-order valence-electron chi connectivity index (χ4n) is 2.14. The zero-order valence-corrected chi connectivity index (χ0v) is 14.7. The Kier molecular flexibility index (Phi) is 5.14. The third kappa shape index (κ3) is 3.68. The highest BCUT2D eigenvalue weighted by atomic mass is 32.2. The van der Waals surface area contributed by atoms with E-state index in [4.69, 9.17) is 9.47 Å². The van der Waals surface area contributed by atoms with Gasteiger partial charge < -0.3 is 9.47 Å². The van der Waals surface area contributed by atoms with Gasteiger partial charge in [-0.2, -0.15) is 0 Å². The molecule has 6 nitrogen and oxygen atoms in total. The van der Waals surface area contributed by atoms with Crippen LogP contribution in [-0.2, 0) is 10.0 Å². The van der Waals surface area contributed by atoms with Crippen molar-refractivity contribution in [2.75, 3.05) is 18.9 Å². The number of ketones is 1. The first-order valence-electron chi connectivity index (χ1n) is 7.15. The first-order valence-corrected chi connectivity index (χ1v) is 8.63. The zero-order chi connectivity index (χ0) is 17.9. The lowest BCUT2D eigenvalue weighted by Crippen LogP contribution is -2.14. The molecular weight excluding hydrogens is 330 g/mol. The van der Waals surface area contributed by atoms with Crippen molar-refractivity contribution in [1.82, 2.24) is 0 Å². The molecule has 0 heterocycles. The Morgan fingerprint density at radius 2 is 1.67 bits per heavy atom. The first kappa shape index (κ1) is 17.8. The lowest BCUT2D eigenvalue weighted by atomic mass is 10.1. The summed E-state index contributed by atoms with van der Waals surface area (Å²) in [5, 5.41) is 0. The van der Waals surface area contributed by atoms with E-state index in [-0.39, 0.29) is 10.7 Å². The van der Waals surface area contributed by atoms with Crippen molar-refractivity contribution in [3.05, 3.63) is 47.5 Å². The van der Waals surface area contributed by atoms with Crippen LogP contribution in [0.15, 0.2) is 41.3 Å². The van der Waals surface area contributed by atoms with Gasteiger partial charge in [-0.15, -0.1) is 0 Å². The molecule has 0 amide bonds. The fraction of sp³-hybridized carbons (Fsp3) is 0.235. The summed E-state index contributed by atoms with van der Waals surface area (Å²) in [6.45, 7) is 3.19. The number of nitrogens with one attached hydrogen (secondary N) is 1. The molecule has 0 fully saturated rings. The molecule has 0 aliphatic rings. The third-order valence-electron chi connectivity index (χ3n) is 3.55. The largest absolute Gasteiger partial charge is 0.493 e. The lowest BCUT2D eigenvalue weighted by molar-refractivity contribution is 0.101. The molecule has 2 aromatic rings. The highest BCUT2D eigenvalue weighted by Gasteiger charge is 2.18. The van der Waals surface area contributed by atoms with E-state index in [0.29, 0.717) is 28.3 Å². The van der Waals surface area contributed by atoms with Crippen LogP contribution < -0.4 is 14.2 Å². The highest BCUT2D eigenvalue weighted by molar-refractivity contribution is 7.92. The maximum atomic E-state index is 12.6.